The van der Waals surface area contributed by atoms with E-state index in [-0.39, 0.29) is 5.91 Å². The van der Waals surface area contributed by atoms with Crippen LogP contribution in [0.4, 0.5) is 0 Å². The van der Waals surface area contributed by atoms with Crippen LogP contribution >= 0.6 is 0 Å². The molecule has 1 heterocycles. The number of amides is 1. The summed E-state index contributed by atoms with van der Waals surface area (Å²) in [7, 11) is 8.13. The maximum absolute atomic E-state index is 12.6. The van der Waals surface area contributed by atoms with E-state index in [1.54, 1.807) is 19.2 Å². The number of hydrogen-bond acceptors (Lipinski definition) is 6. The second-order valence-corrected chi connectivity index (χ2v) is 6.36. The Morgan fingerprint density at radius 2 is 1.69 bits per heavy atom. The van der Waals surface area contributed by atoms with Crippen LogP contribution < -0.4 is 24.3 Å². The summed E-state index contributed by atoms with van der Waals surface area (Å²) >= 11 is 0. The van der Waals surface area contributed by atoms with Crippen LogP contribution in [-0.2, 0) is 13.5 Å². The molecule has 1 N–H and O–H groups in total. The van der Waals surface area contributed by atoms with Crippen molar-refractivity contribution in [2.45, 2.75) is 6.42 Å². The lowest BCUT2D eigenvalue weighted by atomic mass is 10.1. The number of rotatable bonds is 8. The number of aromatic nitrogens is 2. The smallest absolute Gasteiger partial charge is 0.251 e. The monoisotopic (exact) mass is 399 g/mol. The number of carbonyl (C=O) groups is 1. The Bertz CT molecular complexity index is 1000. The molecule has 0 aliphatic heterocycles. The Balaban J connectivity index is 1.71. The Hall–Kier alpha value is -3.42. The van der Waals surface area contributed by atoms with E-state index in [2.05, 4.69) is 10.3 Å². The molecule has 1 aromatic heterocycles. The van der Waals surface area contributed by atoms with Crippen LogP contribution in [0.3, 0.4) is 0 Å². The number of hydrogen-bond donors (Lipinski definition) is 1. The third kappa shape index (κ3) is 4.06. The minimum absolute atomic E-state index is 0.232. The molecule has 0 fully saturated rings. The number of methoxy groups -OCH3 is 4. The molecule has 0 aliphatic rings. The molecule has 8 heteroatoms. The van der Waals surface area contributed by atoms with Crippen molar-refractivity contribution in [2.24, 2.45) is 7.05 Å². The molecular formula is C21H25N3O5. The van der Waals surface area contributed by atoms with E-state index in [4.69, 9.17) is 18.9 Å². The van der Waals surface area contributed by atoms with E-state index < -0.39 is 0 Å². The van der Waals surface area contributed by atoms with Gasteiger partial charge in [0, 0.05) is 31.6 Å². The minimum Gasteiger partial charge on any atom is -0.497 e. The molecule has 2 aromatic carbocycles. The summed E-state index contributed by atoms with van der Waals surface area (Å²) < 4.78 is 23.2. The van der Waals surface area contributed by atoms with Crippen LogP contribution in [0.5, 0.6) is 23.0 Å². The molecule has 1 amide bonds. The van der Waals surface area contributed by atoms with Crippen molar-refractivity contribution in [3.63, 3.8) is 0 Å². The van der Waals surface area contributed by atoms with Crippen LogP contribution in [-0.4, -0.2) is 50.4 Å². The van der Waals surface area contributed by atoms with Gasteiger partial charge in [-0.15, -0.1) is 0 Å². The maximum Gasteiger partial charge on any atom is 0.251 e. The SMILES string of the molecule is COc1ccc2c(c1)nc(CCNC(=O)c1cc(OC)c(OC)c(OC)c1)n2C. The molecule has 3 aromatic rings. The highest BCUT2D eigenvalue weighted by Gasteiger charge is 2.17. The number of aryl methyl sites for hydroxylation is 1. The van der Waals surface area contributed by atoms with Crippen molar-refractivity contribution in [3.05, 3.63) is 41.7 Å². The quantitative estimate of drug-likeness (QED) is 0.627. The highest BCUT2D eigenvalue weighted by atomic mass is 16.5. The van der Waals surface area contributed by atoms with Crippen LogP contribution in [0.2, 0.25) is 0 Å². The topological polar surface area (TPSA) is 83.8 Å². The van der Waals surface area contributed by atoms with E-state index in [1.165, 1.54) is 21.3 Å². The average molecular weight is 399 g/mol. The van der Waals surface area contributed by atoms with Crippen molar-refractivity contribution in [3.8, 4) is 23.0 Å². The van der Waals surface area contributed by atoms with Gasteiger partial charge in [-0.05, 0) is 24.3 Å². The lowest BCUT2D eigenvalue weighted by Gasteiger charge is -2.14. The first kappa shape index (κ1) is 20.3. The van der Waals surface area contributed by atoms with Gasteiger partial charge in [-0.25, -0.2) is 4.98 Å². The van der Waals surface area contributed by atoms with E-state index >= 15 is 0 Å². The number of benzene rings is 2. The van der Waals surface area contributed by atoms with Gasteiger partial charge in [-0.1, -0.05) is 0 Å². The zero-order chi connectivity index (χ0) is 21.0. The normalized spacial score (nSPS) is 10.7. The molecule has 0 radical (unpaired) electrons. The Labute approximate surface area is 169 Å². The summed E-state index contributed by atoms with van der Waals surface area (Å²) in [5.74, 6) is 2.71. The predicted molar refractivity (Wildman–Crippen MR) is 109 cm³/mol. The zero-order valence-corrected chi connectivity index (χ0v) is 17.2. The van der Waals surface area contributed by atoms with Crippen LogP contribution in [0.1, 0.15) is 16.2 Å². The highest BCUT2D eigenvalue weighted by Crippen LogP contribution is 2.38. The van der Waals surface area contributed by atoms with Crippen molar-refractivity contribution >= 4 is 16.9 Å². The van der Waals surface area contributed by atoms with Gasteiger partial charge in [0.05, 0.1) is 39.5 Å². The third-order valence-corrected chi connectivity index (χ3v) is 4.74. The summed E-state index contributed by atoms with van der Waals surface area (Å²) in [4.78, 5) is 17.2. The van der Waals surface area contributed by atoms with Crippen molar-refractivity contribution < 1.29 is 23.7 Å². The van der Waals surface area contributed by atoms with Crippen LogP contribution in [0.15, 0.2) is 30.3 Å². The molecule has 154 valence electrons. The summed E-state index contributed by atoms with van der Waals surface area (Å²) in [5.41, 5.74) is 2.30. The molecule has 0 saturated carbocycles. The fourth-order valence-corrected chi connectivity index (χ4v) is 3.18. The van der Waals surface area contributed by atoms with Gasteiger partial charge in [0.2, 0.25) is 5.75 Å². The van der Waals surface area contributed by atoms with Crippen LogP contribution in [0.25, 0.3) is 11.0 Å². The van der Waals surface area contributed by atoms with E-state index in [0.717, 1.165) is 22.6 Å². The molecule has 8 nitrogen and oxygen atoms in total. The molecule has 3 rings (SSSR count). The number of imidazole rings is 1. The van der Waals surface area contributed by atoms with Gasteiger partial charge in [0.15, 0.2) is 11.5 Å². The van der Waals surface area contributed by atoms with E-state index in [0.29, 0.717) is 35.8 Å². The Morgan fingerprint density at radius 1 is 1.00 bits per heavy atom. The van der Waals surface area contributed by atoms with Gasteiger partial charge < -0.3 is 28.8 Å². The summed E-state index contributed by atoms with van der Waals surface area (Å²) in [6.45, 7) is 0.434. The fraction of sp³-hybridized carbons (Fsp3) is 0.333. The zero-order valence-electron chi connectivity index (χ0n) is 17.2. The van der Waals surface area contributed by atoms with Crippen LogP contribution in [0, 0.1) is 0 Å². The summed E-state index contributed by atoms with van der Waals surface area (Å²) in [6, 6.07) is 9.02. The Morgan fingerprint density at radius 3 is 2.28 bits per heavy atom. The number of nitrogens with one attached hydrogen (secondary N) is 1. The minimum atomic E-state index is -0.232. The molecule has 0 aliphatic carbocycles. The molecular weight excluding hydrogens is 374 g/mol. The van der Waals surface area contributed by atoms with Crippen molar-refractivity contribution in [2.75, 3.05) is 35.0 Å². The van der Waals surface area contributed by atoms with Crippen molar-refractivity contribution in [1.29, 1.82) is 0 Å². The second-order valence-electron chi connectivity index (χ2n) is 6.36. The average Bonchev–Trinajstić information content (AvgIpc) is 3.07. The number of fused-ring (bicyclic) bond motifs is 1. The standard InChI is InChI=1S/C21H25N3O5/c1-24-16-7-6-14(26-2)12-15(16)23-19(24)8-9-22-21(25)13-10-17(27-3)20(29-5)18(11-13)28-4/h6-7,10-12H,8-9H2,1-5H3,(H,22,25). The number of ether oxygens (including phenoxy) is 4. The maximum atomic E-state index is 12.6. The second kappa shape index (κ2) is 8.72. The van der Waals surface area contributed by atoms with Crippen molar-refractivity contribution in [1.82, 2.24) is 14.9 Å². The molecule has 0 spiro atoms. The first-order chi connectivity index (χ1) is 14.0. The largest absolute Gasteiger partial charge is 0.497 e. The molecule has 0 bridgehead atoms. The Kier molecular flexibility index (Phi) is 6.11. The fourth-order valence-electron chi connectivity index (χ4n) is 3.18. The summed E-state index contributed by atoms with van der Waals surface area (Å²) in [6.07, 6.45) is 0.587. The molecule has 0 atom stereocenters. The van der Waals surface area contributed by atoms with Gasteiger partial charge in [0.1, 0.15) is 11.6 Å². The summed E-state index contributed by atoms with van der Waals surface area (Å²) in [5, 5.41) is 2.91. The number of nitrogens with zero attached hydrogens (tertiary/aromatic N) is 2. The molecule has 0 saturated heterocycles. The first-order valence-electron chi connectivity index (χ1n) is 9.10. The first-order valence-corrected chi connectivity index (χ1v) is 9.10. The van der Waals surface area contributed by atoms with Gasteiger partial charge in [0.25, 0.3) is 5.91 Å². The lowest BCUT2D eigenvalue weighted by molar-refractivity contribution is 0.0953. The van der Waals surface area contributed by atoms with E-state index in [1.807, 2.05) is 29.8 Å². The van der Waals surface area contributed by atoms with E-state index in [9.17, 15) is 4.79 Å². The molecule has 0 unspecified atom stereocenters. The molecule has 29 heavy (non-hydrogen) atoms. The van der Waals surface area contributed by atoms with Gasteiger partial charge >= 0.3 is 0 Å². The third-order valence-electron chi connectivity index (χ3n) is 4.74. The highest BCUT2D eigenvalue weighted by molar-refractivity contribution is 5.95. The lowest BCUT2D eigenvalue weighted by Crippen LogP contribution is -2.26. The van der Waals surface area contributed by atoms with Gasteiger partial charge in [-0.2, -0.15) is 0 Å². The van der Waals surface area contributed by atoms with Gasteiger partial charge in [-0.3, -0.25) is 4.79 Å². The number of carbonyl (C=O) groups excluding carboxylic acids is 1. The predicted octanol–water partition coefficient (Wildman–Crippen LogP) is 2.58.